The molecular weight excluding hydrogens is 272 g/mol. The van der Waals surface area contributed by atoms with Gasteiger partial charge in [-0.25, -0.2) is 4.99 Å². The van der Waals surface area contributed by atoms with Crippen molar-refractivity contribution in [3.63, 3.8) is 0 Å². The molecule has 0 spiro atoms. The number of nitrogens with one attached hydrogen (secondary N) is 2. The third-order valence-electron chi connectivity index (χ3n) is 2.96. The number of amidine groups is 1. The predicted octanol–water partition coefficient (Wildman–Crippen LogP) is 2.31. The van der Waals surface area contributed by atoms with Gasteiger partial charge in [-0.1, -0.05) is 17.8 Å². The summed E-state index contributed by atoms with van der Waals surface area (Å²) in [6, 6.07) is 5.74. The molecule has 1 aliphatic carbocycles. The lowest BCUT2D eigenvalue weighted by Crippen LogP contribution is -2.25. The molecule has 6 heteroatoms. The molecule has 2 N–H and O–H groups in total. The molecule has 1 aromatic rings. The predicted molar refractivity (Wildman–Crippen MR) is 81.0 cm³/mol. The average Bonchev–Trinajstić information content (AvgIpc) is 3.24. The minimum Gasteiger partial charge on any atom is -0.349 e. The van der Waals surface area contributed by atoms with E-state index in [1.807, 2.05) is 25.4 Å². The second-order valence-corrected chi connectivity index (χ2v) is 5.40. The maximum absolute atomic E-state index is 12.0. The molecule has 0 bridgehead atoms. The zero-order chi connectivity index (χ0) is 14.5. The van der Waals surface area contributed by atoms with Crippen molar-refractivity contribution in [1.29, 1.82) is 5.26 Å². The highest BCUT2D eigenvalue weighted by Gasteiger charge is 2.23. The highest BCUT2D eigenvalue weighted by Crippen LogP contribution is 2.23. The van der Waals surface area contributed by atoms with Crippen LogP contribution in [0.1, 0.15) is 28.8 Å². The molecule has 0 saturated heterocycles. The van der Waals surface area contributed by atoms with Crippen molar-refractivity contribution in [1.82, 2.24) is 10.6 Å². The van der Waals surface area contributed by atoms with Crippen molar-refractivity contribution in [3.8, 4) is 6.19 Å². The fourth-order valence-electron chi connectivity index (χ4n) is 1.65. The van der Waals surface area contributed by atoms with E-state index in [1.54, 1.807) is 12.1 Å². The van der Waals surface area contributed by atoms with Crippen LogP contribution in [0, 0.1) is 18.4 Å². The molecule has 5 nitrogen and oxygen atoms in total. The van der Waals surface area contributed by atoms with Crippen molar-refractivity contribution >= 4 is 28.5 Å². The quantitative estimate of drug-likeness (QED) is 0.387. The number of hydrogen-bond donors (Lipinski definition) is 2. The van der Waals surface area contributed by atoms with Gasteiger partial charge < -0.3 is 5.32 Å². The number of benzene rings is 1. The first-order valence-corrected chi connectivity index (χ1v) is 7.56. The Bertz CT molecular complexity index is 587. The molecular formula is C14H16N4OS. The monoisotopic (exact) mass is 288 g/mol. The molecule has 1 aliphatic rings. The topological polar surface area (TPSA) is 77.3 Å². The van der Waals surface area contributed by atoms with E-state index in [-0.39, 0.29) is 5.91 Å². The molecule has 0 radical (unpaired) electrons. The first-order chi connectivity index (χ1) is 9.63. The van der Waals surface area contributed by atoms with E-state index in [4.69, 9.17) is 5.26 Å². The maximum Gasteiger partial charge on any atom is 0.251 e. The van der Waals surface area contributed by atoms with Crippen molar-refractivity contribution in [3.05, 3.63) is 29.3 Å². The maximum atomic E-state index is 12.0. The van der Waals surface area contributed by atoms with E-state index in [0.717, 1.165) is 18.4 Å². The summed E-state index contributed by atoms with van der Waals surface area (Å²) in [5.41, 5.74) is 2.25. The van der Waals surface area contributed by atoms with Gasteiger partial charge in [0.05, 0.1) is 5.69 Å². The van der Waals surface area contributed by atoms with Crippen LogP contribution in [0.2, 0.25) is 0 Å². The highest BCUT2D eigenvalue weighted by atomic mass is 32.2. The number of nitriles is 1. The van der Waals surface area contributed by atoms with E-state index >= 15 is 0 Å². The summed E-state index contributed by atoms with van der Waals surface area (Å²) < 4.78 is 0. The fourth-order valence-corrected chi connectivity index (χ4v) is 1.99. The fraction of sp³-hybridized carbons (Fsp3) is 0.357. The third-order valence-corrected chi connectivity index (χ3v) is 3.54. The second kappa shape index (κ2) is 6.44. The number of thioether (sulfide) groups is 1. The van der Waals surface area contributed by atoms with E-state index < -0.39 is 0 Å². The van der Waals surface area contributed by atoms with Gasteiger partial charge in [0.25, 0.3) is 5.91 Å². The Morgan fingerprint density at radius 2 is 2.25 bits per heavy atom. The van der Waals surface area contributed by atoms with Gasteiger partial charge >= 0.3 is 0 Å². The second-order valence-electron chi connectivity index (χ2n) is 4.61. The molecule has 1 amide bonds. The van der Waals surface area contributed by atoms with Crippen LogP contribution in [0.15, 0.2) is 23.2 Å². The van der Waals surface area contributed by atoms with Crippen LogP contribution in [-0.2, 0) is 0 Å². The standard InChI is InChI=1S/C14H16N4OS/c1-9-3-4-10(13(19)17-11-5-6-11)7-12(9)18-14(20-2)16-8-15/h3-4,7,11H,5-6H2,1-2H3,(H,16,18)(H,17,19). The van der Waals surface area contributed by atoms with E-state index in [9.17, 15) is 4.79 Å². The van der Waals surface area contributed by atoms with E-state index in [0.29, 0.717) is 22.5 Å². The molecule has 1 fully saturated rings. The van der Waals surface area contributed by atoms with Gasteiger partial charge in [-0.3, -0.25) is 10.1 Å². The number of aliphatic imine (C=N–C) groups is 1. The number of rotatable bonds is 3. The Morgan fingerprint density at radius 3 is 2.85 bits per heavy atom. The molecule has 0 atom stereocenters. The number of amides is 1. The SMILES string of the molecule is CSC(=Nc1cc(C(=O)NC2CC2)ccc1C)NC#N. The average molecular weight is 288 g/mol. The molecule has 1 saturated carbocycles. The van der Waals surface area contributed by atoms with Crippen molar-refractivity contribution in [2.45, 2.75) is 25.8 Å². The number of aryl methyl sites for hydroxylation is 1. The van der Waals surface area contributed by atoms with Gasteiger partial charge in [0.1, 0.15) is 0 Å². The normalized spacial score (nSPS) is 14.6. The Morgan fingerprint density at radius 1 is 1.50 bits per heavy atom. The van der Waals surface area contributed by atoms with Gasteiger partial charge in [-0.15, -0.1) is 0 Å². The summed E-state index contributed by atoms with van der Waals surface area (Å²) >= 11 is 1.35. The number of nitrogens with zero attached hydrogens (tertiary/aromatic N) is 2. The van der Waals surface area contributed by atoms with Crippen molar-refractivity contribution in [2.24, 2.45) is 4.99 Å². The zero-order valence-electron chi connectivity index (χ0n) is 11.4. The van der Waals surface area contributed by atoms with Gasteiger partial charge in [0.15, 0.2) is 11.4 Å². The van der Waals surface area contributed by atoms with Gasteiger partial charge in [0.2, 0.25) is 0 Å². The van der Waals surface area contributed by atoms with Crippen LogP contribution < -0.4 is 10.6 Å². The summed E-state index contributed by atoms with van der Waals surface area (Å²) in [5.74, 6) is -0.0668. The van der Waals surface area contributed by atoms with Crippen LogP contribution >= 0.6 is 11.8 Å². The molecule has 0 heterocycles. The van der Waals surface area contributed by atoms with E-state index in [2.05, 4.69) is 15.6 Å². The highest BCUT2D eigenvalue weighted by molar-refractivity contribution is 8.13. The number of hydrogen-bond acceptors (Lipinski definition) is 4. The van der Waals surface area contributed by atoms with E-state index in [1.165, 1.54) is 11.8 Å². The zero-order valence-corrected chi connectivity index (χ0v) is 12.3. The number of carbonyl (C=O) groups is 1. The van der Waals surface area contributed by atoms with Crippen molar-refractivity contribution < 1.29 is 4.79 Å². The summed E-state index contributed by atoms with van der Waals surface area (Å²) in [4.78, 5) is 16.4. The summed E-state index contributed by atoms with van der Waals surface area (Å²) in [6.45, 7) is 1.92. The molecule has 0 unspecified atom stereocenters. The minimum absolute atomic E-state index is 0.0668. The molecule has 104 valence electrons. The van der Waals surface area contributed by atoms with Crippen LogP contribution in [-0.4, -0.2) is 23.4 Å². The first-order valence-electron chi connectivity index (χ1n) is 6.33. The van der Waals surface area contributed by atoms with Gasteiger partial charge in [-0.2, -0.15) is 5.26 Å². The molecule has 0 aromatic heterocycles. The summed E-state index contributed by atoms with van der Waals surface area (Å²) in [5, 5.41) is 14.6. The Balaban J connectivity index is 2.23. The Kier molecular flexibility index (Phi) is 4.64. The smallest absolute Gasteiger partial charge is 0.251 e. The lowest BCUT2D eigenvalue weighted by atomic mass is 10.1. The molecule has 1 aromatic carbocycles. The number of carbonyl (C=O) groups excluding carboxylic acids is 1. The first kappa shape index (κ1) is 14.4. The van der Waals surface area contributed by atoms with Gasteiger partial charge in [-0.05, 0) is 43.7 Å². The lowest BCUT2D eigenvalue weighted by Gasteiger charge is -2.07. The molecule has 2 rings (SSSR count). The molecule has 20 heavy (non-hydrogen) atoms. The van der Waals surface area contributed by atoms with Crippen LogP contribution in [0.4, 0.5) is 5.69 Å². The Hall–Kier alpha value is -2.00. The van der Waals surface area contributed by atoms with Crippen LogP contribution in [0.25, 0.3) is 0 Å². The van der Waals surface area contributed by atoms with Crippen molar-refractivity contribution in [2.75, 3.05) is 6.26 Å². The lowest BCUT2D eigenvalue weighted by molar-refractivity contribution is 0.0951. The van der Waals surface area contributed by atoms with Crippen LogP contribution in [0.3, 0.4) is 0 Å². The molecule has 0 aliphatic heterocycles. The minimum atomic E-state index is -0.0668. The largest absolute Gasteiger partial charge is 0.349 e. The summed E-state index contributed by atoms with van der Waals surface area (Å²) in [7, 11) is 0. The third kappa shape index (κ3) is 3.75. The summed E-state index contributed by atoms with van der Waals surface area (Å²) in [6.07, 6.45) is 5.81. The van der Waals surface area contributed by atoms with Crippen LogP contribution in [0.5, 0.6) is 0 Å². The van der Waals surface area contributed by atoms with Gasteiger partial charge in [0, 0.05) is 11.6 Å². The Labute approximate surface area is 122 Å².